The van der Waals surface area contributed by atoms with E-state index in [4.69, 9.17) is 23.2 Å². The lowest BCUT2D eigenvalue weighted by Crippen LogP contribution is -2.27. The lowest BCUT2D eigenvalue weighted by molar-refractivity contribution is -0.387. The number of imide groups is 1. The highest BCUT2D eigenvalue weighted by atomic mass is 35.5. The minimum atomic E-state index is -0.470. The van der Waals surface area contributed by atoms with E-state index in [1.807, 2.05) is 0 Å². The number of carbonyl (C=O) groups is 2. The van der Waals surface area contributed by atoms with Crippen LogP contribution in [0.1, 0.15) is 11.1 Å². The number of carbonyl (C=O) groups excluding carboxylic acids is 2. The molecule has 1 saturated heterocycles. The Kier molecular flexibility index (Phi) is 7.09. The highest BCUT2D eigenvalue weighted by molar-refractivity contribution is 8.18. The first-order chi connectivity index (χ1) is 15.8. The van der Waals surface area contributed by atoms with Gasteiger partial charge in [0, 0.05) is 21.0 Å². The molecule has 0 aromatic heterocycles. The van der Waals surface area contributed by atoms with Crippen LogP contribution < -0.4 is 0 Å². The second-order valence-electron chi connectivity index (χ2n) is 6.93. The van der Waals surface area contributed by atoms with Crippen molar-refractivity contribution in [2.45, 2.75) is 16.3 Å². The summed E-state index contributed by atoms with van der Waals surface area (Å²) >= 11 is 13.8. The van der Waals surface area contributed by atoms with E-state index in [2.05, 4.69) is 0 Å². The van der Waals surface area contributed by atoms with Crippen molar-refractivity contribution in [2.75, 3.05) is 0 Å². The molecule has 1 heterocycles. The second-order valence-corrected chi connectivity index (χ2v) is 9.92. The van der Waals surface area contributed by atoms with E-state index < -0.39 is 16.1 Å². The molecule has 10 heteroatoms. The first-order valence-electron chi connectivity index (χ1n) is 9.52. The van der Waals surface area contributed by atoms with Gasteiger partial charge in [-0.2, -0.15) is 0 Å². The van der Waals surface area contributed by atoms with Crippen molar-refractivity contribution >= 4 is 69.6 Å². The Balaban J connectivity index is 1.56. The summed E-state index contributed by atoms with van der Waals surface area (Å²) in [5.41, 5.74) is 1.13. The van der Waals surface area contributed by atoms with Gasteiger partial charge in [0.05, 0.1) is 21.3 Å². The molecule has 0 atom stereocenters. The Morgan fingerprint density at radius 2 is 1.61 bits per heavy atom. The monoisotopic (exact) mass is 516 g/mol. The van der Waals surface area contributed by atoms with Gasteiger partial charge in [-0.15, -0.1) is 0 Å². The number of nitro benzene ring substituents is 1. The van der Waals surface area contributed by atoms with Gasteiger partial charge in [0.1, 0.15) is 0 Å². The fourth-order valence-electron chi connectivity index (χ4n) is 3.04. The number of amides is 2. The average molecular weight is 517 g/mol. The third-order valence-corrected chi connectivity index (χ3v) is 7.13. The molecule has 6 nitrogen and oxygen atoms in total. The molecular formula is C23H14Cl2N2O4S2. The van der Waals surface area contributed by atoms with Gasteiger partial charge in [-0.3, -0.25) is 24.6 Å². The number of hydrogen-bond acceptors (Lipinski definition) is 6. The molecule has 2 amide bonds. The maximum absolute atomic E-state index is 12.8. The second kappa shape index (κ2) is 10.0. The molecule has 33 heavy (non-hydrogen) atoms. The highest BCUT2D eigenvalue weighted by Crippen LogP contribution is 2.38. The van der Waals surface area contributed by atoms with Gasteiger partial charge < -0.3 is 0 Å². The number of hydrogen-bond donors (Lipinski definition) is 0. The minimum Gasteiger partial charge on any atom is -0.268 e. The average Bonchev–Trinajstić information content (AvgIpc) is 3.05. The molecule has 0 N–H and O–H groups in total. The number of thioether (sulfide) groups is 1. The van der Waals surface area contributed by atoms with Crippen LogP contribution in [0.25, 0.3) is 6.08 Å². The van der Waals surface area contributed by atoms with E-state index in [0.29, 0.717) is 20.5 Å². The van der Waals surface area contributed by atoms with Gasteiger partial charge in [-0.1, -0.05) is 53.2 Å². The van der Waals surface area contributed by atoms with Crippen molar-refractivity contribution in [3.8, 4) is 0 Å². The molecule has 0 spiro atoms. The van der Waals surface area contributed by atoms with Crippen LogP contribution in [0.15, 0.2) is 81.4 Å². The zero-order valence-corrected chi connectivity index (χ0v) is 19.9. The molecule has 166 valence electrons. The minimum absolute atomic E-state index is 0.0934. The predicted molar refractivity (Wildman–Crippen MR) is 132 cm³/mol. The zero-order valence-electron chi connectivity index (χ0n) is 16.7. The molecule has 1 fully saturated rings. The summed E-state index contributed by atoms with van der Waals surface area (Å²) < 4.78 is 0. The van der Waals surface area contributed by atoms with Crippen LogP contribution >= 0.6 is 46.7 Å². The Bertz CT molecular complexity index is 1280. The summed E-state index contributed by atoms with van der Waals surface area (Å²) in [6.07, 6.45) is 1.50. The third-order valence-electron chi connectivity index (χ3n) is 4.65. The van der Waals surface area contributed by atoms with Gasteiger partial charge in [-0.25, -0.2) is 0 Å². The number of nitrogens with zero attached hydrogens (tertiary/aromatic N) is 2. The quantitative estimate of drug-likeness (QED) is 0.194. The summed E-state index contributed by atoms with van der Waals surface area (Å²) in [5, 5.41) is 12.4. The number of rotatable bonds is 6. The third kappa shape index (κ3) is 5.59. The smallest absolute Gasteiger partial charge is 0.268 e. The highest BCUT2D eigenvalue weighted by Gasteiger charge is 2.35. The van der Waals surface area contributed by atoms with E-state index in [1.165, 1.54) is 23.9 Å². The topological polar surface area (TPSA) is 80.5 Å². The normalized spacial score (nSPS) is 14.8. The first kappa shape index (κ1) is 23.4. The van der Waals surface area contributed by atoms with Gasteiger partial charge in [0.25, 0.3) is 16.8 Å². The zero-order chi connectivity index (χ0) is 23.5. The number of halogens is 2. The Labute approximate surface area is 207 Å². The maximum Gasteiger partial charge on any atom is 0.293 e. The number of benzene rings is 3. The van der Waals surface area contributed by atoms with E-state index in [-0.39, 0.29) is 17.1 Å². The Morgan fingerprint density at radius 3 is 2.24 bits per heavy atom. The summed E-state index contributed by atoms with van der Waals surface area (Å²) in [4.78, 5) is 39.0. The maximum atomic E-state index is 12.8. The Hall–Kier alpha value is -2.78. The predicted octanol–water partition coefficient (Wildman–Crippen LogP) is 7.29. The lowest BCUT2D eigenvalue weighted by Gasteiger charge is -2.12. The van der Waals surface area contributed by atoms with E-state index in [9.17, 15) is 19.7 Å². The fraction of sp³-hybridized carbons (Fsp3) is 0.0435. The van der Waals surface area contributed by atoms with Crippen molar-refractivity contribution in [3.63, 3.8) is 0 Å². The van der Waals surface area contributed by atoms with Crippen LogP contribution in [0.4, 0.5) is 10.5 Å². The van der Waals surface area contributed by atoms with E-state index >= 15 is 0 Å². The van der Waals surface area contributed by atoms with Crippen LogP contribution in [0, 0.1) is 10.1 Å². The van der Waals surface area contributed by atoms with Crippen molar-refractivity contribution in [2.24, 2.45) is 0 Å². The van der Waals surface area contributed by atoms with Gasteiger partial charge in [0.15, 0.2) is 0 Å². The van der Waals surface area contributed by atoms with Crippen LogP contribution in [0.2, 0.25) is 10.0 Å². The van der Waals surface area contributed by atoms with E-state index in [0.717, 1.165) is 27.1 Å². The van der Waals surface area contributed by atoms with Gasteiger partial charge in [-0.05, 0) is 71.4 Å². The standard InChI is InChI=1S/C23H14Cl2N2O4S2/c24-16-4-1-14(2-5-16)13-26-22(28)21(33-23(26)29)12-15-3-10-20(19(11-15)27(30)31)32-18-8-6-17(25)7-9-18/h1-12H,13H2/b21-12-. The molecule has 0 radical (unpaired) electrons. The van der Waals surface area contributed by atoms with Crippen molar-refractivity contribution in [1.29, 1.82) is 0 Å². The molecule has 0 saturated carbocycles. The fourth-order valence-corrected chi connectivity index (χ4v) is 5.03. The molecular weight excluding hydrogens is 503 g/mol. The molecule has 1 aliphatic rings. The van der Waals surface area contributed by atoms with Crippen LogP contribution in [-0.2, 0) is 11.3 Å². The summed E-state index contributed by atoms with van der Waals surface area (Å²) in [6, 6.07) is 18.6. The van der Waals surface area contributed by atoms with Crippen molar-refractivity contribution < 1.29 is 14.5 Å². The largest absolute Gasteiger partial charge is 0.293 e. The molecule has 0 aliphatic carbocycles. The summed E-state index contributed by atoms with van der Waals surface area (Å²) in [7, 11) is 0. The first-order valence-corrected chi connectivity index (χ1v) is 11.9. The molecule has 4 rings (SSSR count). The molecule has 0 unspecified atom stereocenters. The molecule has 0 bridgehead atoms. The van der Waals surface area contributed by atoms with Gasteiger partial charge in [0.2, 0.25) is 0 Å². The molecule has 3 aromatic carbocycles. The van der Waals surface area contributed by atoms with Gasteiger partial charge >= 0.3 is 0 Å². The van der Waals surface area contributed by atoms with Crippen molar-refractivity contribution in [1.82, 2.24) is 4.90 Å². The van der Waals surface area contributed by atoms with Crippen molar-refractivity contribution in [3.05, 3.63) is 103 Å². The van der Waals surface area contributed by atoms with Crippen LogP contribution in [0.3, 0.4) is 0 Å². The lowest BCUT2D eigenvalue weighted by atomic mass is 10.1. The SMILES string of the molecule is O=C1S/C(=C\c2ccc(Sc3ccc(Cl)cc3)c([N+](=O)[O-])c2)C(=O)N1Cc1ccc(Cl)cc1. The number of nitro groups is 1. The summed E-state index contributed by atoms with van der Waals surface area (Å²) in [6.45, 7) is 0.121. The van der Waals surface area contributed by atoms with E-state index in [1.54, 1.807) is 60.7 Å². The van der Waals surface area contributed by atoms with Crippen LogP contribution in [-0.4, -0.2) is 21.0 Å². The summed E-state index contributed by atoms with van der Waals surface area (Å²) in [5.74, 6) is -0.442. The molecule has 1 aliphatic heterocycles. The Morgan fingerprint density at radius 1 is 0.970 bits per heavy atom. The van der Waals surface area contributed by atoms with Crippen LogP contribution in [0.5, 0.6) is 0 Å². The molecule has 3 aromatic rings.